The second-order valence-electron chi connectivity index (χ2n) is 8.61. The number of pyridine rings is 1. The normalized spacial score (nSPS) is 21.8. The largest absolute Gasteiger partial charge is 0.472 e. The predicted octanol–water partition coefficient (Wildman–Crippen LogP) is 3.19. The molecule has 8 heteroatoms. The standard InChI is InChI=1S/C24H27N3O4S/c1-16-2-4-20(21(28)10-16)27-13-18-19(24(27)29)15-32-22(18)14-31-23-5-3-17(11-25-23)12-26-6-8-30-9-7-26/h3,5,11,15,20H,1-2,4,6-10,12-14H2/t20-/m0/s1. The number of Topliss-reactive ketones (excluding diaryl/α,β-unsaturated/α-hetero) is 1. The monoisotopic (exact) mass is 453 g/mol. The summed E-state index contributed by atoms with van der Waals surface area (Å²) >= 11 is 1.53. The van der Waals surface area contributed by atoms with Gasteiger partial charge in [-0.25, -0.2) is 4.98 Å². The van der Waals surface area contributed by atoms with E-state index in [0.717, 1.165) is 60.8 Å². The van der Waals surface area contributed by atoms with E-state index in [2.05, 4.69) is 16.5 Å². The van der Waals surface area contributed by atoms with Gasteiger partial charge < -0.3 is 14.4 Å². The van der Waals surface area contributed by atoms with Gasteiger partial charge in [-0.1, -0.05) is 18.2 Å². The topological polar surface area (TPSA) is 72.0 Å². The second kappa shape index (κ2) is 9.13. The Morgan fingerprint density at radius 3 is 2.84 bits per heavy atom. The molecule has 32 heavy (non-hydrogen) atoms. The number of morpholine rings is 1. The number of nitrogens with zero attached hydrogens (tertiary/aromatic N) is 3. The van der Waals surface area contributed by atoms with E-state index in [1.807, 2.05) is 23.7 Å². The van der Waals surface area contributed by atoms with Crippen molar-refractivity contribution in [3.8, 4) is 5.88 Å². The van der Waals surface area contributed by atoms with Gasteiger partial charge in [0.1, 0.15) is 6.61 Å². The molecule has 2 fully saturated rings. The van der Waals surface area contributed by atoms with Crippen molar-refractivity contribution in [2.24, 2.45) is 0 Å². The summed E-state index contributed by atoms with van der Waals surface area (Å²) in [6.45, 7) is 9.08. The molecule has 0 bridgehead atoms. The predicted molar refractivity (Wildman–Crippen MR) is 121 cm³/mol. The van der Waals surface area contributed by atoms with E-state index in [9.17, 15) is 9.59 Å². The summed E-state index contributed by atoms with van der Waals surface area (Å²) in [7, 11) is 0. The maximum Gasteiger partial charge on any atom is 0.255 e. The molecule has 1 aliphatic carbocycles. The van der Waals surface area contributed by atoms with Crippen LogP contribution in [0.15, 0.2) is 35.9 Å². The number of carbonyl (C=O) groups excluding carboxylic acids is 2. The van der Waals surface area contributed by atoms with Crippen LogP contribution in [0.3, 0.4) is 0 Å². The first-order valence-corrected chi connectivity index (χ1v) is 11.9. The molecule has 5 rings (SSSR count). The molecule has 7 nitrogen and oxygen atoms in total. The molecular formula is C24H27N3O4S. The number of ether oxygens (including phenoxy) is 2. The van der Waals surface area contributed by atoms with Crippen molar-refractivity contribution < 1.29 is 19.1 Å². The number of fused-ring (bicyclic) bond motifs is 1. The van der Waals surface area contributed by atoms with Crippen molar-refractivity contribution in [1.82, 2.24) is 14.8 Å². The van der Waals surface area contributed by atoms with Crippen molar-refractivity contribution in [2.45, 2.75) is 45.0 Å². The molecule has 1 atom stereocenters. The number of hydrogen-bond donors (Lipinski definition) is 0. The molecule has 0 radical (unpaired) electrons. The molecule has 0 unspecified atom stereocenters. The molecule has 2 aliphatic heterocycles. The zero-order valence-electron chi connectivity index (χ0n) is 18.0. The van der Waals surface area contributed by atoms with Crippen molar-refractivity contribution >= 4 is 23.0 Å². The third-order valence-electron chi connectivity index (χ3n) is 6.40. The summed E-state index contributed by atoms with van der Waals surface area (Å²) in [4.78, 5) is 34.9. The van der Waals surface area contributed by atoms with E-state index < -0.39 is 0 Å². The van der Waals surface area contributed by atoms with Crippen LogP contribution < -0.4 is 4.74 Å². The number of allylic oxidation sites excluding steroid dienone is 1. The summed E-state index contributed by atoms with van der Waals surface area (Å²) in [6, 6.07) is 3.61. The third-order valence-corrected chi connectivity index (χ3v) is 7.40. The van der Waals surface area contributed by atoms with E-state index >= 15 is 0 Å². The fourth-order valence-corrected chi connectivity index (χ4v) is 5.52. The van der Waals surface area contributed by atoms with Gasteiger partial charge in [-0.05, 0) is 18.4 Å². The van der Waals surface area contributed by atoms with Gasteiger partial charge in [0.05, 0.1) is 24.8 Å². The SMILES string of the molecule is C=C1CC[C@H](N2Cc3c(csc3COc3ccc(CN4CCOCC4)cn3)C2=O)C(=O)C1. The number of carbonyl (C=O) groups is 2. The van der Waals surface area contributed by atoms with Crippen LogP contribution in [0, 0.1) is 0 Å². The molecule has 1 amide bonds. The van der Waals surface area contributed by atoms with Gasteiger partial charge in [-0.3, -0.25) is 14.5 Å². The van der Waals surface area contributed by atoms with Crippen LogP contribution in [0.25, 0.3) is 0 Å². The lowest BCUT2D eigenvalue weighted by atomic mass is 9.90. The van der Waals surface area contributed by atoms with E-state index in [4.69, 9.17) is 9.47 Å². The number of ketones is 1. The summed E-state index contributed by atoms with van der Waals surface area (Å²) in [5.74, 6) is 0.626. The van der Waals surface area contributed by atoms with Crippen LogP contribution in [0.5, 0.6) is 5.88 Å². The number of rotatable bonds is 6. The molecule has 2 aromatic heterocycles. The molecule has 0 spiro atoms. The molecule has 1 saturated carbocycles. The minimum atomic E-state index is -0.333. The molecule has 3 aliphatic rings. The zero-order chi connectivity index (χ0) is 22.1. The molecule has 4 heterocycles. The van der Waals surface area contributed by atoms with Crippen LogP contribution in [-0.2, 0) is 29.2 Å². The molecule has 1 saturated heterocycles. The summed E-state index contributed by atoms with van der Waals surface area (Å²) in [5, 5.41) is 1.89. The summed E-state index contributed by atoms with van der Waals surface area (Å²) in [6.07, 6.45) is 3.71. The van der Waals surface area contributed by atoms with E-state index in [1.165, 1.54) is 11.3 Å². The number of amides is 1. The third kappa shape index (κ3) is 4.35. The Balaban J connectivity index is 1.19. The molecule has 2 aromatic rings. The average molecular weight is 454 g/mol. The summed E-state index contributed by atoms with van der Waals surface area (Å²) in [5.41, 5.74) is 3.81. The highest BCUT2D eigenvalue weighted by molar-refractivity contribution is 7.10. The first kappa shape index (κ1) is 21.3. The van der Waals surface area contributed by atoms with Crippen molar-refractivity contribution in [3.63, 3.8) is 0 Å². The van der Waals surface area contributed by atoms with Gasteiger partial charge >= 0.3 is 0 Å². The van der Waals surface area contributed by atoms with Crippen LogP contribution in [0.4, 0.5) is 0 Å². The Morgan fingerprint density at radius 1 is 1.25 bits per heavy atom. The van der Waals surface area contributed by atoms with Gasteiger partial charge in [-0.2, -0.15) is 0 Å². The van der Waals surface area contributed by atoms with Crippen LogP contribution >= 0.6 is 11.3 Å². The maximum absolute atomic E-state index is 12.9. The van der Waals surface area contributed by atoms with E-state index in [1.54, 1.807) is 4.90 Å². The minimum absolute atomic E-state index is 0.0426. The second-order valence-corrected chi connectivity index (χ2v) is 9.58. The molecule has 168 valence electrons. The molecule has 0 aromatic carbocycles. The Bertz CT molecular complexity index is 1030. The first-order valence-electron chi connectivity index (χ1n) is 11.1. The quantitative estimate of drug-likeness (QED) is 0.626. The Morgan fingerprint density at radius 2 is 2.09 bits per heavy atom. The van der Waals surface area contributed by atoms with Gasteiger partial charge in [0, 0.05) is 60.7 Å². The van der Waals surface area contributed by atoms with Gasteiger partial charge in [0.25, 0.3) is 5.91 Å². The van der Waals surface area contributed by atoms with Crippen LogP contribution in [0.2, 0.25) is 0 Å². The lowest BCUT2D eigenvalue weighted by Gasteiger charge is -2.30. The Labute approximate surface area is 191 Å². The smallest absolute Gasteiger partial charge is 0.255 e. The van der Waals surface area contributed by atoms with Crippen molar-refractivity contribution in [2.75, 3.05) is 26.3 Å². The maximum atomic E-state index is 12.9. The number of hydrogen-bond acceptors (Lipinski definition) is 7. The highest BCUT2D eigenvalue weighted by Gasteiger charge is 2.39. The number of thiophene rings is 1. The fraction of sp³-hybridized carbons (Fsp3) is 0.458. The highest BCUT2D eigenvalue weighted by Crippen LogP contribution is 2.35. The Kier molecular flexibility index (Phi) is 6.08. The number of aromatic nitrogens is 1. The van der Waals surface area contributed by atoms with Gasteiger partial charge in [0.15, 0.2) is 5.78 Å². The van der Waals surface area contributed by atoms with Crippen LogP contribution in [-0.4, -0.2) is 58.8 Å². The summed E-state index contributed by atoms with van der Waals surface area (Å²) < 4.78 is 11.3. The van der Waals surface area contributed by atoms with Gasteiger partial charge in [-0.15, -0.1) is 11.3 Å². The van der Waals surface area contributed by atoms with Gasteiger partial charge in [0.2, 0.25) is 5.88 Å². The lowest BCUT2D eigenvalue weighted by Crippen LogP contribution is -2.43. The average Bonchev–Trinajstić information content (AvgIpc) is 3.34. The van der Waals surface area contributed by atoms with E-state index in [-0.39, 0.29) is 17.7 Å². The minimum Gasteiger partial charge on any atom is -0.472 e. The van der Waals surface area contributed by atoms with Crippen molar-refractivity contribution in [3.05, 3.63) is 57.4 Å². The van der Waals surface area contributed by atoms with Crippen LogP contribution in [0.1, 0.15) is 45.6 Å². The van der Waals surface area contributed by atoms with E-state index in [0.29, 0.717) is 37.4 Å². The lowest BCUT2D eigenvalue weighted by molar-refractivity contribution is -0.124. The fourth-order valence-electron chi connectivity index (χ4n) is 4.58. The molecule has 0 N–H and O–H groups in total. The van der Waals surface area contributed by atoms with Crippen molar-refractivity contribution in [1.29, 1.82) is 0 Å². The zero-order valence-corrected chi connectivity index (χ0v) is 18.9. The molecular weight excluding hydrogens is 426 g/mol. The Hall–Kier alpha value is -2.55. The first-order chi connectivity index (χ1) is 15.6. The highest BCUT2D eigenvalue weighted by atomic mass is 32.1.